The first-order valence-corrected chi connectivity index (χ1v) is 19.1. The maximum absolute atomic E-state index is 13.9. The number of carbonyl (C=O) groups excluding carboxylic acids is 2. The Balaban J connectivity index is 1.37. The maximum atomic E-state index is 13.9. The molecule has 1 aliphatic heterocycles. The Morgan fingerprint density at radius 2 is 1.65 bits per heavy atom. The zero-order valence-electron chi connectivity index (χ0n) is 29.0. The fraction of sp³-hybridized carbons (Fsp3) is 0.300. The molecule has 5 aromatic rings. The lowest BCUT2D eigenvalue weighted by Gasteiger charge is -2.23. The molecule has 1 fully saturated rings. The van der Waals surface area contributed by atoms with Crippen LogP contribution in [-0.4, -0.2) is 46.8 Å². The summed E-state index contributed by atoms with van der Waals surface area (Å²) in [6, 6.07) is 25.6. The summed E-state index contributed by atoms with van der Waals surface area (Å²) in [5.41, 5.74) is 2.04. The molecule has 0 spiro atoms. The van der Waals surface area contributed by atoms with Gasteiger partial charge >= 0.3 is 5.91 Å². The number of hydrogen-bond acceptors (Lipinski definition) is 10. The Bertz CT molecular complexity index is 2020. The number of nitrogens with zero attached hydrogens (tertiary/aromatic N) is 3. The molecule has 1 N–H and O–H groups in total. The van der Waals surface area contributed by atoms with Gasteiger partial charge in [-0.2, -0.15) is 0 Å². The van der Waals surface area contributed by atoms with Crippen LogP contribution in [0.4, 0.5) is 5.13 Å². The second-order valence-electron chi connectivity index (χ2n) is 12.0. The van der Waals surface area contributed by atoms with Gasteiger partial charge in [-0.3, -0.25) is 14.5 Å². The van der Waals surface area contributed by atoms with Gasteiger partial charge in [-0.25, -0.2) is 0 Å². The summed E-state index contributed by atoms with van der Waals surface area (Å²) < 4.78 is 18.4. The van der Waals surface area contributed by atoms with Crippen LogP contribution in [0.3, 0.4) is 0 Å². The van der Waals surface area contributed by atoms with E-state index in [1.165, 1.54) is 28.0 Å². The zero-order chi connectivity index (χ0) is 35.7. The van der Waals surface area contributed by atoms with E-state index in [-0.39, 0.29) is 16.5 Å². The monoisotopic (exact) mass is 723 g/mol. The van der Waals surface area contributed by atoms with Crippen molar-refractivity contribution in [3.63, 3.8) is 0 Å². The number of thioether (sulfide) groups is 1. The Morgan fingerprint density at radius 1 is 0.843 bits per heavy atom. The smallest absolute Gasteiger partial charge is 0.301 e. The first kappa shape index (κ1) is 35.9. The van der Waals surface area contributed by atoms with Crippen LogP contribution >= 0.6 is 23.1 Å². The summed E-state index contributed by atoms with van der Waals surface area (Å²) in [5.74, 6) is 0.427. The highest BCUT2D eigenvalue weighted by Gasteiger charge is 2.48. The van der Waals surface area contributed by atoms with Gasteiger partial charge in [0, 0.05) is 11.3 Å². The molecule has 1 aromatic heterocycles. The van der Waals surface area contributed by atoms with Crippen LogP contribution < -0.4 is 19.1 Å². The lowest BCUT2D eigenvalue weighted by atomic mass is 9.95. The molecule has 11 heteroatoms. The first-order valence-electron chi connectivity index (χ1n) is 17.3. The molecule has 9 nitrogen and oxygen atoms in total. The number of unbranched alkanes of at least 4 members (excludes halogenated alkanes) is 2. The molecule has 2 heterocycles. The predicted molar refractivity (Wildman–Crippen MR) is 203 cm³/mol. The highest BCUT2D eigenvalue weighted by Crippen LogP contribution is 2.46. The number of ketones is 1. The minimum absolute atomic E-state index is 0.0542. The molecule has 1 amide bonds. The average Bonchev–Trinajstić information content (AvgIpc) is 3.73. The van der Waals surface area contributed by atoms with Crippen LogP contribution in [0, 0.1) is 0 Å². The summed E-state index contributed by atoms with van der Waals surface area (Å²) in [6.45, 7) is 7.51. The van der Waals surface area contributed by atoms with Crippen LogP contribution in [0.25, 0.3) is 16.5 Å². The molecule has 51 heavy (non-hydrogen) atoms. The van der Waals surface area contributed by atoms with Crippen LogP contribution in [-0.2, 0) is 15.3 Å². The van der Waals surface area contributed by atoms with Gasteiger partial charge in [-0.15, -0.1) is 10.2 Å². The zero-order valence-corrected chi connectivity index (χ0v) is 30.6. The third kappa shape index (κ3) is 8.05. The highest BCUT2D eigenvalue weighted by atomic mass is 32.2. The van der Waals surface area contributed by atoms with Crippen molar-refractivity contribution in [3.05, 3.63) is 107 Å². The second-order valence-corrected chi connectivity index (χ2v) is 14.2. The van der Waals surface area contributed by atoms with Crippen molar-refractivity contribution in [1.82, 2.24) is 10.2 Å². The number of aliphatic hydroxyl groups is 1. The van der Waals surface area contributed by atoms with Gasteiger partial charge in [0.1, 0.15) is 11.5 Å². The number of ether oxygens (including phenoxy) is 3. The minimum atomic E-state index is -1.00. The van der Waals surface area contributed by atoms with Crippen molar-refractivity contribution in [2.24, 2.45) is 0 Å². The molecular formula is C40H41N3O6S2. The number of aromatic nitrogens is 2. The third-order valence-electron chi connectivity index (χ3n) is 8.47. The lowest BCUT2D eigenvalue weighted by Crippen LogP contribution is -2.29. The average molecular weight is 724 g/mol. The number of Topliss-reactive ketones (excluding diaryl/α,β-unsaturated/α-hetero) is 1. The molecule has 1 atom stereocenters. The van der Waals surface area contributed by atoms with E-state index in [4.69, 9.17) is 14.2 Å². The van der Waals surface area contributed by atoms with Gasteiger partial charge in [-0.1, -0.05) is 98.3 Å². The van der Waals surface area contributed by atoms with E-state index in [0.29, 0.717) is 58.3 Å². The standard InChI is InChI=1S/C40H41N3O6S2/c1-4-7-10-23-49-32-21-18-28(24-33(32)47-6-3)35-34(36(44)27-16-19-30(20-17-27)48-22-5-2)37(45)38(46)43(35)39-41-42-40(51-39)50-25-29-14-11-13-26-12-8-9-15-31(26)29/h8-9,11-21,24,35,44H,4-7,10,22-23,25H2,1-3H3. The molecule has 1 aliphatic rings. The number of aliphatic hydroxyl groups excluding tert-OH is 1. The summed E-state index contributed by atoms with van der Waals surface area (Å²) in [5, 5.41) is 23.1. The van der Waals surface area contributed by atoms with Gasteiger partial charge in [-0.05, 0) is 78.1 Å². The van der Waals surface area contributed by atoms with E-state index in [1.54, 1.807) is 42.5 Å². The van der Waals surface area contributed by atoms with Crippen molar-refractivity contribution in [2.45, 2.75) is 62.6 Å². The Hall–Kier alpha value is -4.87. The van der Waals surface area contributed by atoms with E-state index in [0.717, 1.165) is 42.0 Å². The van der Waals surface area contributed by atoms with E-state index < -0.39 is 17.7 Å². The Kier molecular flexibility index (Phi) is 11.9. The quantitative estimate of drug-likeness (QED) is 0.0266. The topological polar surface area (TPSA) is 111 Å². The van der Waals surface area contributed by atoms with E-state index in [1.807, 2.05) is 32.0 Å². The van der Waals surface area contributed by atoms with Gasteiger partial charge in [0.05, 0.1) is 31.4 Å². The van der Waals surface area contributed by atoms with Crippen molar-refractivity contribution in [3.8, 4) is 17.2 Å². The largest absolute Gasteiger partial charge is 0.507 e. The number of rotatable bonds is 16. The first-order chi connectivity index (χ1) is 24.9. The van der Waals surface area contributed by atoms with Crippen LogP contribution in [0.5, 0.6) is 17.2 Å². The highest BCUT2D eigenvalue weighted by molar-refractivity contribution is 8.00. The Labute approximate surface area is 306 Å². The molecule has 1 unspecified atom stereocenters. The van der Waals surface area contributed by atoms with Gasteiger partial charge < -0.3 is 19.3 Å². The van der Waals surface area contributed by atoms with Crippen molar-refractivity contribution in [2.75, 3.05) is 24.7 Å². The maximum Gasteiger partial charge on any atom is 0.301 e. The fourth-order valence-electron chi connectivity index (χ4n) is 5.96. The summed E-state index contributed by atoms with van der Waals surface area (Å²) in [4.78, 5) is 29.1. The molecule has 264 valence electrons. The molecule has 4 aromatic carbocycles. The molecule has 0 saturated carbocycles. The minimum Gasteiger partial charge on any atom is -0.507 e. The van der Waals surface area contributed by atoms with Gasteiger partial charge in [0.15, 0.2) is 15.8 Å². The lowest BCUT2D eigenvalue weighted by molar-refractivity contribution is -0.132. The van der Waals surface area contributed by atoms with Crippen molar-refractivity contribution in [1.29, 1.82) is 0 Å². The third-order valence-corrected chi connectivity index (χ3v) is 10.6. The van der Waals surface area contributed by atoms with Crippen LogP contribution in [0.2, 0.25) is 0 Å². The molecule has 1 saturated heterocycles. The SMILES string of the molecule is CCCCCOc1ccc(C2C(=C(O)c3ccc(OCCC)cc3)C(=O)C(=O)N2c2nnc(SCc3cccc4ccccc34)s2)cc1OCC. The number of hydrogen-bond donors (Lipinski definition) is 1. The van der Waals surface area contributed by atoms with Crippen LogP contribution in [0.1, 0.15) is 69.2 Å². The number of benzene rings is 4. The fourth-order valence-corrected chi connectivity index (χ4v) is 7.83. The normalized spacial score (nSPS) is 15.4. The summed E-state index contributed by atoms with van der Waals surface area (Å²) >= 11 is 2.74. The van der Waals surface area contributed by atoms with E-state index in [9.17, 15) is 14.7 Å². The predicted octanol–water partition coefficient (Wildman–Crippen LogP) is 9.37. The molecule has 6 rings (SSSR count). The Morgan fingerprint density at radius 3 is 2.43 bits per heavy atom. The molecule has 0 bridgehead atoms. The molecule has 0 radical (unpaired) electrons. The van der Waals surface area contributed by atoms with E-state index in [2.05, 4.69) is 41.4 Å². The van der Waals surface area contributed by atoms with Crippen molar-refractivity contribution >= 4 is 56.5 Å². The summed E-state index contributed by atoms with van der Waals surface area (Å²) in [6.07, 6.45) is 3.88. The van der Waals surface area contributed by atoms with Gasteiger partial charge in [0.25, 0.3) is 5.78 Å². The number of amides is 1. The number of fused-ring (bicyclic) bond motifs is 1. The molecule has 0 aliphatic carbocycles. The van der Waals surface area contributed by atoms with Crippen molar-refractivity contribution < 1.29 is 28.9 Å². The number of anilines is 1. The van der Waals surface area contributed by atoms with E-state index >= 15 is 0 Å². The number of carbonyl (C=O) groups is 2. The van der Waals surface area contributed by atoms with Crippen LogP contribution in [0.15, 0.2) is 94.8 Å². The van der Waals surface area contributed by atoms with Gasteiger partial charge in [0.2, 0.25) is 5.13 Å². The summed E-state index contributed by atoms with van der Waals surface area (Å²) in [7, 11) is 0. The molecular weight excluding hydrogens is 683 g/mol. The second kappa shape index (κ2) is 16.9.